The Balaban J connectivity index is 2.31. The fourth-order valence-corrected chi connectivity index (χ4v) is 2.21. The molecule has 0 aliphatic rings. The monoisotopic (exact) mass is 282 g/mol. The van der Waals surface area contributed by atoms with Crippen LogP contribution in [0.25, 0.3) is 0 Å². The topological polar surface area (TPSA) is 72.9 Å². The third kappa shape index (κ3) is 2.63. The smallest absolute Gasteiger partial charge is 0.338 e. The standard InChI is InChI=1S/C12H15ClN4O2/c1-3-9-11(13)10(17(4-2)15-9)7-16-6-8(5-14-16)12(18)19/h5-6H,3-4,7H2,1-2H3,(H,18,19). The van der Waals surface area contributed by atoms with Crippen LogP contribution in [0.15, 0.2) is 12.4 Å². The van der Waals surface area contributed by atoms with Gasteiger partial charge in [-0.1, -0.05) is 18.5 Å². The van der Waals surface area contributed by atoms with Gasteiger partial charge in [0.2, 0.25) is 0 Å². The summed E-state index contributed by atoms with van der Waals surface area (Å²) >= 11 is 6.29. The van der Waals surface area contributed by atoms with E-state index in [1.165, 1.54) is 12.4 Å². The van der Waals surface area contributed by atoms with Gasteiger partial charge in [-0.25, -0.2) is 4.79 Å². The fourth-order valence-electron chi connectivity index (χ4n) is 1.88. The molecule has 0 radical (unpaired) electrons. The number of nitrogens with zero attached hydrogens (tertiary/aromatic N) is 4. The minimum atomic E-state index is -0.990. The molecule has 0 spiro atoms. The highest BCUT2D eigenvalue weighted by Crippen LogP contribution is 2.22. The van der Waals surface area contributed by atoms with Crippen LogP contribution in [0.4, 0.5) is 0 Å². The van der Waals surface area contributed by atoms with Crippen molar-refractivity contribution in [3.63, 3.8) is 0 Å². The van der Waals surface area contributed by atoms with Gasteiger partial charge in [-0.3, -0.25) is 9.36 Å². The highest BCUT2D eigenvalue weighted by Gasteiger charge is 2.15. The van der Waals surface area contributed by atoms with Crippen LogP contribution < -0.4 is 0 Å². The zero-order valence-corrected chi connectivity index (χ0v) is 11.6. The molecule has 0 amide bonds. The van der Waals surface area contributed by atoms with E-state index in [9.17, 15) is 4.79 Å². The van der Waals surface area contributed by atoms with Gasteiger partial charge >= 0.3 is 5.97 Å². The van der Waals surface area contributed by atoms with Gasteiger partial charge in [0, 0.05) is 12.7 Å². The van der Waals surface area contributed by atoms with Crippen molar-refractivity contribution in [2.24, 2.45) is 0 Å². The second kappa shape index (κ2) is 5.44. The number of hydrogen-bond donors (Lipinski definition) is 1. The van der Waals surface area contributed by atoms with Gasteiger partial charge < -0.3 is 5.11 Å². The summed E-state index contributed by atoms with van der Waals surface area (Å²) < 4.78 is 3.38. The van der Waals surface area contributed by atoms with Gasteiger partial charge in [0.1, 0.15) is 0 Å². The first kappa shape index (κ1) is 13.6. The molecule has 0 atom stereocenters. The molecule has 0 aliphatic carbocycles. The number of carboxylic acid groups (broad SMARTS) is 1. The summed E-state index contributed by atoms with van der Waals surface area (Å²) in [6.45, 7) is 5.10. The lowest BCUT2D eigenvalue weighted by molar-refractivity contribution is 0.0697. The van der Waals surface area contributed by atoms with Crippen LogP contribution in [0.5, 0.6) is 0 Å². The van der Waals surface area contributed by atoms with Crippen LogP contribution in [-0.2, 0) is 19.5 Å². The summed E-state index contributed by atoms with van der Waals surface area (Å²) in [5.74, 6) is -0.990. The van der Waals surface area contributed by atoms with Crippen LogP contribution in [0.3, 0.4) is 0 Å². The van der Waals surface area contributed by atoms with E-state index >= 15 is 0 Å². The first-order chi connectivity index (χ1) is 9.06. The van der Waals surface area contributed by atoms with E-state index < -0.39 is 5.97 Å². The summed E-state index contributed by atoms with van der Waals surface area (Å²) in [6, 6.07) is 0. The van der Waals surface area contributed by atoms with Crippen molar-refractivity contribution < 1.29 is 9.90 Å². The zero-order valence-electron chi connectivity index (χ0n) is 10.8. The van der Waals surface area contributed by atoms with E-state index in [4.69, 9.17) is 16.7 Å². The number of aromatic carboxylic acids is 1. The van der Waals surface area contributed by atoms with Crippen molar-refractivity contribution in [2.45, 2.75) is 33.4 Å². The third-order valence-electron chi connectivity index (χ3n) is 2.89. The SMILES string of the molecule is CCc1nn(CC)c(Cn2cc(C(=O)O)cn2)c1Cl. The minimum Gasteiger partial charge on any atom is -0.478 e. The van der Waals surface area contributed by atoms with Crippen molar-refractivity contribution in [2.75, 3.05) is 0 Å². The maximum absolute atomic E-state index is 10.8. The second-order valence-corrected chi connectivity index (χ2v) is 4.49. The molecule has 102 valence electrons. The van der Waals surface area contributed by atoms with Gasteiger partial charge in [-0.2, -0.15) is 10.2 Å². The maximum atomic E-state index is 10.8. The summed E-state index contributed by atoms with van der Waals surface area (Å²) in [4.78, 5) is 10.8. The van der Waals surface area contributed by atoms with E-state index in [2.05, 4.69) is 10.2 Å². The first-order valence-electron chi connectivity index (χ1n) is 6.06. The number of hydrogen-bond acceptors (Lipinski definition) is 3. The van der Waals surface area contributed by atoms with Crippen molar-refractivity contribution >= 4 is 17.6 Å². The Morgan fingerprint density at radius 1 is 1.47 bits per heavy atom. The Morgan fingerprint density at radius 2 is 2.21 bits per heavy atom. The Morgan fingerprint density at radius 3 is 2.74 bits per heavy atom. The largest absolute Gasteiger partial charge is 0.478 e. The average molecular weight is 283 g/mol. The number of rotatable bonds is 5. The van der Waals surface area contributed by atoms with Crippen molar-refractivity contribution in [3.8, 4) is 0 Å². The Hall–Kier alpha value is -1.82. The number of carboxylic acids is 1. The van der Waals surface area contributed by atoms with Crippen LogP contribution in [0.2, 0.25) is 5.02 Å². The fraction of sp³-hybridized carbons (Fsp3) is 0.417. The van der Waals surface area contributed by atoms with Crippen LogP contribution >= 0.6 is 11.6 Å². The Bertz CT molecular complexity index is 603. The molecule has 19 heavy (non-hydrogen) atoms. The lowest BCUT2D eigenvalue weighted by atomic mass is 10.3. The van der Waals surface area contributed by atoms with Gasteiger partial charge in [0.15, 0.2) is 0 Å². The molecule has 2 aromatic heterocycles. The van der Waals surface area contributed by atoms with E-state index in [-0.39, 0.29) is 5.56 Å². The van der Waals surface area contributed by atoms with Crippen molar-refractivity contribution in [3.05, 3.63) is 34.4 Å². The number of halogens is 1. The number of carbonyl (C=O) groups is 1. The summed E-state index contributed by atoms with van der Waals surface area (Å²) in [7, 11) is 0. The normalized spacial score (nSPS) is 10.9. The average Bonchev–Trinajstić information content (AvgIpc) is 2.96. The molecule has 0 fully saturated rings. The van der Waals surface area contributed by atoms with E-state index in [0.29, 0.717) is 18.1 Å². The van der Waals surface area contributed by atoms with Crippen LogP contribution in [-0.4, -0.2) is 30.6 Å². The molecule has 2 heterocycles. The molecule has 0 saturated carbocycles. The highest BCUT2D eigenvalue weighted by molar-refractivity contribution is 6.31. The van der Waals surface area contributed by atoms with Crippen LogP contribution in [0, 0.1) is 0 Å². The van der Waals surface area contributed by atoms with Crippen molar-refractivity contribution in [1.82, 2.24) is 19.6 Å². The summed E-state index contributed by atoms with van der Waals surface area (Å²) in [5, 5.41) is 17.9. The molecule has 2 aromatic rings. The lowest BCUT2D eigenvalue weighted by Gasteiger charge is -2.05. The molecule has 1 N–H and O–H groups in total. The van der Waals surface area contributed by atoms with Gasteiger partial charge in [-0.05, 0) is 13.3 Å². The third-order valence-corrected chi connectivity index (χ3v) is 3.32. The number of aromatic nitrogens is 4. The Labute approximate surface area is 115 Å². The second-order valence-electron chi connectivity index (χ2n) is 4.11. The van der Waals surface area contributed by atoms with E-state index in [0.717, 1.165) is 17.8 Å². The van der Waals surface area contributed by atoms with Gasteiger partial charge in [0.25, 0.3) is 0 Å². The zero-order chi connectivity index (χ0) is 14.0. The van der Waals surface area contributed by atoms with Crippen molar-refractivity contribution in [1.29, 1.82) is 0 Å². The minimum absolute atomic E-state index is 0.161. The molecule has 0 unspecified atom stereocenters. The van der Waals surface area contributed by atoms with Gasteiger partial charge in [0.05, 0.1) is 34.7 Å². The maximum Gasteiger partial charge on any atom is 0.338 e. The summed E-state index contributed by atoms with van der Waals surface area (Å²) in [6.07, 6.45) is 3.57. The molecule has 6 nitrogen and oxygen atoms in total. The van der Waals surface area contributed by atoms with E-state index in [1.54, 1.807) is 4.68 Å². The molecule has 0 bridgehead atoms. The quantitative estimate of drug-likeness (QED) is 0.911. The molecular weight excluding hydrogens is 268 g/mol. The Kier molecular flexibility index (Phi) is 3.90. The number of aryl methyl sites for hydroxylation is 2. The van der Waals surface area contributed by atoms with Crippen LogP contribution in [0.1, 0.15) is 35.6 Å². The van der Waals surface area contributed by atoms with E-state index in [1.807, 2.05) is 18.5 Å². The molecule has 2 rings (SSSR count). The predicted molar refractivity (Wildman–Crippen MR) is 70.6 cm³/mol. The molecule has 7 heteroatoms. The van der Waals surface area contributed by atoms with Gasteiger partial charge in [-0.15, -0.1) is 0 Å². The first-order valence-corrected chi connectivity index (χ1v) is 6.44. The molecular formula is C12H15ClN4O2. The molecule has 0 aliphatic heterocycles. The lowest BCUT2D eigenvalue weighted by Crippen LogP contribution is -2.08. The summed E-state index contributed by atoms with van der Waals surface area (Å²) in [5.41, 5.74) is 1.86. The molecule has 0 aromatic carbocycles. The predicted octanol–water partition coefficient (Wildman–Crippen LogP) is 2.06. The highest BCUT2D eigenvalue weighted by atomic mass is 35.5. The molecule has 0 saturated heterocycles.